The molecule has 13 nitrogen and oxygen atoms in total. The van der Waals surface area contributed by atoms with Gasteiger partial charge in [0.1, 0.15) is 6.04 Å². The lowest BCUT2D eigenvalue weighted by atomic mass is 10.0. The lowest BCUT2D eigenvalue weighted by molar-refractivity contribution is -0.154. The minimum Gasteiger partial charge on any atom is -0.467 e. The Morgan fingerprint density at radius 2 is 1.59 bits per heavy atom. The zero-order chi connectivity index (χ0) is 37.2. The van der Waals surface area contributed by atoms with Crippen LogP contribution in [0.1, 0.15) is 68.3 Å². The zero-order valence-electron chi connectivity index (χ0n) is 28.2. The maximum absolute atomic E-state index is 13.0. The van der Waals surface area contributed by atoms with E-state index >= 15 is 0 Å². The lowest BCUT2D eigenvalue weighted by Gasteiger charge is -2.19. The number of ketones is 1. The van der Waals surface area contributed by atoms with Crippen LogP contribution >= 0.6 is 11.6 Å². The van der Waals surface area contributed by atoms with Gasteiger partial charge in [-0.2, -0.15) is 28.1 Å². The van der Waals surface area contributed by atoms with Crippen LogP contribution in [0.2, 0.25) is 5.02 Å². The van der Waals surface area contributed by atoms with Crippen molar-refractivity contribution in [3.8, 4) is 6.01 Å². The van der Waals surface area contributed by atoms with Crippen molar-refractivity contribution in [1.82, 2.24) is 25.6 Å². The number of Topliss-reactive ketones (excluding diaryl/α,β-unsaturated/α-hetero) is 1. The number of nitrogens with zero attached hydrogens (tertiary/aromatic N) is 3. The quantitative estimate of drug-likeness (QED) is 0.0963. The maximum atomic E-state index is 13.0. The summed E-state index contributed by atoms with van der Waals surface area (Å²) in [6, 6.07) is 11.2. The molecule has 0 saturated heterocycles. The Kier molecular flexibility index (Phi) is 13.2. The van der Waals surface area contributed by atoms with Crippen molar-refractivity contribution >= 4 is 52.8 Å². The summed E-state index contributed by atoms with van der Waals surface area (Å²) in [6.07, 6.45) is -1.96. The molecule has 0 aliphatic heterocycles. The highest BCUT2D eigenvalue weighted by molar-refractivity contribution is 6.36. The number of hydrogen-bond acceptors (Lipinski definition) is 11. The molecule has 0 unspecified atom stereocenters. The summed E-state index contributed by atoms with van der Waals surface area (Å²) in [5.41, 5.74) is 0.842. The Hall–Kier alpha value is -4.99. The summed E-state index contributed by atoms with van der Waals surface area (Å²) in [5.74, 6) is -2.84. The highest BCUT2D eigenvalue weighted by Gasteiger charge is 2.45. The van der Waals surface area contributed by atoms with Crippen molar-refractivity contribution in [1.29, 1.82) is 0 Å². The summed E-state index contributed by atoms with van der Waals surface area (Å²) >= 11 is 6.02. The number of aromatic nitrogens is 3. The van der Waals surface area contributed by atoms with E-state index < -0.39 is 53.9 Å². The zero-order valence-corrected chi connectivity index (χ0v) is 29.0. The van der Waals surface area contributed by atoms with Gasteiger partial charge in [0, 0.05) is 29.2 Å². The van der Waals surface area contributed by atoms with Crippen molar-refractivity contribution < 1.29 is 41.8 Å². The Bertz CT molecular complexity index is 1690. The second kappa shape index (κ2) is 17.3. The fourth-order valence-electron chi connectivity index (χ4n) is 5.04. The van der Waals surface area contributed by atoms with Gasteiger partial charge in [-0.3, -0.25) is 14.4 Å². The topological polar surface area (TPSA) is 174 Å². The van der Waals surface area contributed by atoms with Gasteiger partial charge in [-0.15, -0.1) is 0 Å². The highest BCUT2D eigenvalue weighted by Crippen LogP contribution is 2.48. The molecule has 1 aliphatic carbocycles. The molecule has 1 saturated carbocycles. The van der Waals surface area contributed by atoms with Crippen LogP contribution < -0.4 is 26.0 Å². The van der Waals surface area contributed by atoms with Crippen LogP contribution in [0.4, 0.5) is 30.8 Å². The Morgan fingerprint density at radius 1 is 0.941 bits per heavy atom. The molecule has 0 bridgehead atoms. The van der Waals surface area contributed by atoms with Crippen molar-refractivity contribution in [2.75, 3.05) is 30.9 Å². The minimum atomic E-state index is -4.63. The summed E-state index contributed by atoms with van der Waals surface area (Å²) in [5, 5.41) is 11.7. The molecule has 4 rings (SSSR count). The van der Waals surface area contributed by atoms with Gasteiger partial charge in [0.15, 0.2) is 6.61 Å². The normalized spacial score (nSPS) is 13.9. The summed E-state index contributed by atoms with van der Waals surface area (Å²) in [7, 11) is 1.13. The molecule has 2 amide bonds. The third-order valence-corrected chi connectivity index (χ3v) is 8.54. The van der Waals surface area contributed by atoms with Crippen LogP contribution in [-0.4, -0.2) is 71.0 Å². The van der Waals surface area contributed by atoms with Gasteiger partial charge in [0.2, 0.25) is 17.7 Å². The number of anilines is 3. The molecule has 1 fully saturated rings. The van der Waals surface area contributed by atoms with Gasteiger partial charge < -0.3 is 30.7 Å². The molecule has 1 aromatic heterocycles. The summed E-state index contributed by atoms with van der Waals surface area (Å²) in [4.78, 5) is 62.4. The number of esters is 1. The maximum Gasteiger partial charge on any atom is 0.422 e. The summed E-state index contributed by atoms with van der Waals surface area (Å²) < 4.78 is 48.4. The molecule has 2 aromatic carbocycles. The molecule has 1 atom stereocenters. The molecular weight excluding hydrogens is 695 g/mol. The van der Waals surface area contributed by atoms with E-state index in [9.17, 15) is 32.3 Å². The van der Waals surface area contributed by atoms with Crippen molar-refractivity contribution in [2.45, 2.75) is 70.1 Å². The molecule has 1 heterocycles. The number of amides is 2. The van der Waals surface area contributed by atoms with Crippen LogP contribution in [0.15, 0.2) is 48.5 Å². The first kappa shape index (κ1) is 38.8. The van der Waals surface area contributed by atoms with Gasteiger partial charge in [-0.05, 0) is 67.1 Å². The number of alkyl halides is 3. The number of halogens is 4. The van der Waals surface area contributed by atoms with Gasteiger partial charge in [0.25, 0.3) is 11.8 Å². The molecule has 274 valence electrons. The van der Waals surface area contributed by atoms with E-state index in [1.54, 1.807) is 12.1 Å². The first-order valence-corrected chi connectivity index (χ1v) is 16.7. The third kappa shape index (κ3) is 11.5. The second-order valence-electron chi connectivity index (χ2n) is 12.0. The minimum absolute atomic E-state index is 0.0240. The third-order valence-electron chi connectivity index (χ3n) is 8.29. The number of carbonyl (C=O) groups excluding carboxylic acids is 4. The number of ether oxygens (including phenoxy) is 2. The fourth-order valence-corrected chi connectivity index (χ4v) is 5.17. The number of carbonyl (C=O) groups is 4. The van der Waals surface area contributed by atoms with E-state index in [0.717, 1.165) is 25.5 Å². The monoisotopic (exact) mass is 733 g/mol. The number of benzene rings is 2. The summed E-state index contributed by atoms with van der Waals surface area (Å²) in [6.45, 7) is 2.73. The molecule has 0 spiro atoms. The highest BCUT2D eigenvalue weighted by atomic mass is 35.5. The van der Waals surface area contributed by atoms with Gasteiger partial charge >= 0.3 is 18.2 Å². The predicted octanol–water partition coefficient (Wildman–Crippen LogP) is 5.48. The lowest BCUT2D eigenvalue weighted by Crippen LogP contribution is -2.42. The van der Waals surface area contributed by atoms with Crippen LogP contribution in [0.25, 0.3) is 0 Å². The Balaban J connectivity index is 1.42. The first-order chi connectivity index (χ1) is 24.2. The van der Waals surface area contributed by atoms with Crippen LogP contribution in [0.5, 0.6) is 6.01 Å². The van der Waals surface area contributed by atoms with Crippen molar-refractivity contribution in [2.24, 2.45) is 5.92 Å². The molecule has 1 aliphatic rings. The molecule has 4 N–H and O–H groups in total. The SMILES string of the molecule is CCC(CC)CNC(=O)C(=O)CC[C@H](NC(=O)c1ccc(Nc2nc(NC3(c4ccc(Cl)cc4)CC3)nc(OCC(F)(F)F)n2)cc1)C(=O)OC. The number of hydrogen-bond donors (Lipinski definition) is 4. The number of rotatable bonds is 18. The van der Waals surface area contributed by atoms with Gasteiger partial charge in [0.05, 0.1) is 12.6 Å². The number of methoxy groups -OCH3 is 1. The number of nitrogens with one attached hydrogen (secondary N) is 4. The van der Waals surface area contributed by atoms with E-state index in [1.165, 1.54) is 24.3 Å². The van der Waals surface area contributed by atoms with E-state index in [-0.39, 0.29) is 36.2 Å². The van der Waals surface area contributed by atoms with Crippen molar-refractivity contribution in [3.63, 3.8) is 0 Å². The van der Waals surface area contributed by atoms with E-state index in [0.29, 0.717) is 30.1 Å². The Labute approximate surface area is 297 Å². The fraction of sp³-hybridized carbons (Fsp3) is 0.441. The molecule has 51 heavy (non-hydrogen) atoms. The average Bonchev–Trinajstić information content (AvgIpc) is 3.89. The van der Waals surface area contributed by atoms with Crippen molar-refractivity contribution in [3.05, 3.63) is 64.7 Å². The van der Waals surface area contributed by atoms with Crippen LogP contribution in [-0.2, 0) is 24.7 Å². The van der Waals surface area contributed by atoms with Gasteiger partial charge in [-0.25, -0.2) is 4.79 Å². The average molecular weight is 734 g/mol. The second-order valence-corrected chi connectivity index (χ2v) is 12.4. The smallest absolute Gasteiger partial charge is 0.422 e. The van der Waals surface area contributed by atoms with E-state index in [1.807, 2.05) is 26.0 Å². The molecule has 3 aromatic rings. The van der Waals surface area contributed by atoms with Gasteiger partial charge in [-0.1, -0.05) is 50.4 Å². The predicted molar refractivity (Wildman–Crippen MR) is 182 cm³/mol. The van der Waals surface area contributed by atoms with Crippen LogP contribution in [0.3, 0.4) is 0 Å². The van der Waals surface area contributed by atoms with E-state index in [2.05, 4.69) is 36.2 Å². The van der Waals surface area contributed by atoms with E-state index in [4.69, 9.17) is 21.1 Å². The largest absolute Gasteiger partial charge is 0.467 e. The molecular formula is C34H39ClF3N7O6. The standard InChI is InChI=1S/C34H39ClF3N7O6/c1-4-20(5-2)18-39-28(48)26(46)15-14-25(29(49)50-3)41-27(47)21-6-12-24(13-7-21)40-30-42-31(44-32(43-30)51-19-34(36,37)38)45-33(16-17-33)22-8-10-23(35)11-9-22/h6-13,20,25H,4-5,14-19H2,1-3H3,(H,39,48)(H,41,47)(H2,40,42,43,44,45)/t25-/m0/s1. The molecule has 0 radical (unpaired) electrons. The Morgan fingerprint density at radius 3 is 2.18 bits per heavy atom. The van der Waals surface area contributed by atoms with Crippen LogP contribution in [0, 0.1) is 5.92 Å². The first-order valence-electron chi connectivity index (χ1n) is 16.3. The molecule has 17 heteroatoms.